The number of ether oxygens (including phenoxy) is 1. The molecule has 4 heteroatoms. The number of aryl methyl sites for hydroxylation is 1. The lowest BCUT2D eigenvalue weighted by Gasteiger charge is -2.12. The molecule has 0 saturated carbocycles. The van der Waals surface area contributed by atoms with E-state index in [1.165, 1.54) is 5.56 Å². The lowest BCUT2D eigenvalue weighted by molar-refractivity contribution is 0.409. The molecule has 18 heavy (non-hydrogen) atoms. The molecular weight excluding hydrogens is 226 g/mol. The van der Waals surface area contributed by atoms with Crippen LogP contribution in [0, 0.1) is 6.92 Å². The summed E-state index contributed by atoms with van der Waals surface area (Å²) in [5, 5.41) is 3.14. The smallest absolute Gasteiger partial charge is 0.189 e. The van der Waals surface area contributed by atoms with E-state index < -0.39 is 0 Å². The fourth-order valence-corrected chi connectivity index (χ4v) is 1.55. The minimum Gasteiger partial charge on any atom is -0.496 e. The summed E-state index contributed by atoms with van der Waals surface area (Å²) in [6.45, 7) is 6.75. The van der Waals surface area contributed by atoms with E-state index in [0.29, 0.717) is 18.5 Å². The molecule has 0 aliphatic rings. The van der Waals surface area contributed by atoms with Gasteiger partial charge in [0.1, 0.15) is 5.75 Å². The molecule has 1 aromatic carbocycles. The second-order valence-electron chi connectivity index (χ2n) is 4.47. The number of hydrogen-bond donors (Lipinski definition) is 2. The quantitative estimate of drug-likeness (QED) is 0.621. The van der Waals surface area contributed by atoms with Gasteiger partial charge in [-0.25, -0.2) is 4.99 Å². The van der Waals surface area contributed by atoms with Crippen LogP contribution in [-0.4, -0.2) is 19.1 Å². The van der Waals surface area contributed by atoms with E-state index >= 15 is 0 Å². The number of nitrogens with zero attached hydrogens (tertiary/aromatic N) is 1. The highest BCUT2D eigenvalue weighted by molar-refractivity contribution is 5.78. The van der Waals surface area contributed by atoms with Crippen LogP contribution in [0.1, 0.15) is 31.4 Å². The number of benzene rings is 1. The van der Waals surface area contributed by atoms with Crippen LogP contribution in [0.2, 0.25) is 0 Å². The van der Waals surface area contributed by atoms with E-state index in [2.05, 4.69) is 24.2 Å². The largest absolute Gasteiger partial charge is 0.496 e. The SMILES string of the molecule is CCC(C)NC(N)=NCc1ccc(C)cc1OC. The van der Waals surface area contributed by atoms with E-state index in [9.17, 15) is 0 Å². The first-order chi connectivity index (χ1) is 8.56. The van der Waals surface area contributed by atoms with Crippen LogP contribution in [0.5, 0.6) is 5.75 Å². The molecule has 0 aliphatic heterocycles. The Morgan fingerprint density at radius 3 is 2.83 bits per heavy atom. The van der Waals surface area contributed by atoms with E-state index in [0.717, 1.165) is 17.7 Å². The highest BCUT2D eigenvalue weighted by Crippen LogP contribution is 2.20. The van der Waals surface area contributed by atoms with Gasteiger partial charge in [0.25, 0.3) is 0 Å². The Labute approximate surface area is 109 Å². The Kier molecular flexibility index (Phi) is 5.49. The van der Waals surface area contributed by atoms with E-state index in [1.54, 1.807) is 7.11 Å². The molecule has 1 rings (SSSR count). The van der Waals surface area contributed by atoms with Crippen molar-refractivity contribution in [2.75, 3.05) is 7.11 Å². The Morgan fingerprint density at radius 1 is 1.50 bits per heavy atom. The molecule has 0 heterocycles. The predicted molar refractivity (Wildman–Crippen MR) is 75.9 cm³/mol. The highest BCUT2D eigenvalue weighted by atomic mass is 16.5. The molecule has 1 aromatic rings. The van der Waals surface area contributed by atoms with Crippen LogP contribution in [0.3, 0.4) is 0 Å². The van der Waals surface area contributed by atoms with Crippen molar-refractivity contribution in [2.24, 2.45) is 10.7 Å². The lowest BCUT2D eigenvalue weighted by atomic mass is 10.1. The monoisotopic (exact) mass is 249 g/mol. The average molecular weight is 249 g/mol. The maximum Gasteiger partial charge on any atom is 0.189 e. The molecule has 0 fully saturated rings. The number of rotatable bonds is 5. The molecule has 0 bridgehead atoms. The van der Waals surface area contributed by atoms with Gasteiger partial charge in [-0.05, 0) is 31.9 Å². The molecule has 4 nitrogen and oxygen atoms in total. The van der Waals surface area contributed by atoms with E-state index in [4.69, 9.17) is 10.5 Å². The van der Waals surface area contributed by atoms with Crippen LogP contribution in [0.25, 0.3) is 0 Å². The number of methoxy groups -OCH3 is 1. The molecule has 0 amide bonds. The van der Waals surface area contributed by atoms with Gasteiger partial charge >= 0.3 is 0 Å². The normalized spacial score (nSPS) is 13.2. The molecular formula is C14H23N3O. The number of guanidine groups is 1. The Balaban J connectivity index is 2.70. The van der Waals surface area contributed by atoms with Crippen molar-refractivity contribution in [2.45, 2.75) is 39.8 Å². The zero-order valence-electron chi connectivity index (χ0n) is 11.7. The molecule has 0 spiro atoms. The number of nitrogens with one attached hydrogen (secondary N) is 1. The van der Waals surface area contributed by atoms with Crippen molar-refractivity contribution in [3.05, 3.63) is 29.3 Å². The molecule has 0 aromatic heterocycles. The first-order valence-corrected chi connectivity index (χ1v) is 6.26. The Hall–Kier alpha value is -1.71. The van der Waals surface area contributed by atoms with Crippen molar-refractivity contribution in [1.82, 2.24) is 5.32 Å². The van der Waals surface area contributed by atoms with Gasteiger partial charge in [0.05, 0.1) is 13.7 Å². The molecule has 1 unspecified atom stereocenters. The van der Waals surface area contributed by atoms with Gasteiger partial charge in [-0.15, -0.1) is 0 Å². The second kappa shape index (κ2) is 6.89. The summed E-state index contributed by atoms with van der Waals surface area (Å²) in [4.78, 5) is 4.32. The van der Waals surface area contributed by atoms with E-state index in [1.807, 2.05) is 25.1 Å². The van der Waals surface area contributed by atoms with Crippen molar-refractivity contribution >= 4 is 5.96 Å². The van der Waals surface area contributed by atoms with Crippen molar-refractivity contribution in [3.63, 3.8) is 0 Å². The molecule has 0 aliphatic carbocycles. The summed E-state index contributed by atoms with van der Waals surface area (Å²) < 4.78 is 5.33. The standard InChI is InChI=1S/C14H23N3O/c1-5-11(3)17-14(15)16-9-12-7-6-10(2)8-13(12)18-4/h6-8,11H,5,9H2,1-4H3,(H3,15,16,17). The summed E-state index contributed by atoms with van der Waals surface area (Å²) in [6, 6.07) is 6.41. The first-order valence-electron chi connectivity index (χ1n) is 6.26. The number of aliphatic imine (C=N–C) groups is 1. The average Bonchev–Trinajstić information content (AvgIpc) is 2.36. The zero-order chi connectivity index (χ0) is 13.5. The maximum absolute atomic E-state index is 5.82. The topological polar surface area (TPSA) is 59.6 Å². The Bertz CT molecular complexity index is 416. The maximum atomic E-state index is 5.82. The van der Waals surface area contributed by atoms with Crippen LogP contribution >= 0.6 is 0 Å². The van der Waals surface area contributed by atoms with Gasteiger partial charge in [0.2, 0.25) is 0 Å². The van der Waals surface area contributed by atoms with Gasteiger partial charge < -0.3 is 15.8 Å². The minimum atomic E-state index is 0.341. The van der Waals surface area contributed by atoms with Crippen molar-refractivity contribution in [1.29, 1.82) is 0 Å². The summed E-state index contributed by atoms with van der Waals surface area (Å²) >= 11 is 0. The summed E-state index contributed by atoms with van der Waals surface area (Å²) in [7, 11) is 1.67. The molecule has 100 valence electrons. The van der Waals surface area contributed by atoms with Gasteiger partial charge in [-0.2, -0.15) is 0 Å². The highest BCUT2D eigenvalue weighted by Gasteiger charge is 2.03. The second-order valence-corrected chi connectivity index (χ2v) is 4.47. The molecule has 3 N–H and O–H groups in total. The van der Waals surface area contributed by atoms with Crippen LogP contribution in [-0.2, 0) is 6.54 Å². The molecule has 1 atom stereocenters. The zero-order valence-corrected chi connectivity index (χ0v) is 11.7. The van der Waals surface area contributed by atoms with Crippen LogP contribution < -0.4 is 15.8 Å². The molecule has 0 saturated heterocycles. The van der Waals surface area contributed by atoms with Gasteiger partial charge in [0.15, 0.2) is 5.96 Å². The van der Waals surface area contributed by atoms with Gasteiger partial charge in [0, 0.05) is 11.6 Å². The predicted octanol–water partition coefficient (Wildman–Crippen LogP) is 2.21. The summed E-state index contributed by atoms with van der Waals surface area (Å²) in [5.41, 5.74) is 8.03. The van der Waals surface area contributed by atoms with Gasteiger partial charge in [-0.3, -0.25) is 0 Å². The molecule has 0 radical (unpaired) electrons. The number of hydrogen-bond acceptors (Lipinski definition) is 2. The fraction of sp³-hybridized carbons (Fsp3) is 0.500. The fourth-order valence-electron chi connectivity index (χ4n) is 1.55. The van der Waals surface area contributed by atoms with Crippen molar-refractivity contribution < 1.29 is 4.74 Å². The lowest BCUT2D eigenvalue weighted by Crippen LogP contribution is -2.38. The first kappa shape index (κ1) is 14.4. The summed E-state index contributed by atoms with van der Waals surface area (Å²) in [6.07, 6.45) is 1.02. The van der Waals surface area contributed by atoms with Crippen LogP contribution in [0.4, 0.5) is 0 Å². The van der Waals surface area contributed by atoms with Gasteiger partial charge in [-0.1, -0.05) is 19.1 Å². The third kappa shape index (κ3) is 4.28. The van der Waals surface area contributed by atoms with Crippen molar-refractivity contribution in [3.8, 4) is 5.75 Å². The third-order valence-electron chi connectivity index (χ3n) is 2.87. The summed E-state index contributed by atoms with van der Waals surface area (Å²) in [5.74, 6) is 1.34. The number of nitrogens with two attached hydrogens (primary N) is 1. The van der Waals surface area contributed by atoms with Crippen LogP contribution in [0.15, 0.2) is 23.2 Å². The Morgan fingerprint density at radius 2 is 2.22 bits per heavy atom. The minimum absolute atomic E-state index is 0.341. The third-order valence-corrected chi connectivity index (χ3v) is 2.87. The van der Waals surface area contributed by atoms with E-state index in [-0.39, 0.29) is 0 Å².